The van der Waals surface area contributed by atoms with E-state index in [1.807, 2.05) is 37.9 Å². The zero-order valence-electron chi connectivity index (χ0n) is 25.3. The minimum atomic E-state index is -0.722. The van der Waals surface area contributed by atoms with Crippen LogP contribution in [0.4, 0.5) is 4.39 Å². The Morgan fingerprint density at radius 2 is 1.73 bits per heavy atom. The van der Waals surface area contributed by atoms with Crippen molar-refractivity contribution in [3.05, 3.63) is 29.8 Å². The third kappa shape index (κ3) is 11.4. The highest BCUT2D eigenvalue weighted by Crippen LogP contribution is 2.27. The second-order valence-electron chi connectivity index (χ2n) is 11.2. The molecule has 3 N–H and O–H groups in total. The third-order valence-electron chi connectivity index (χ3n) is 8.20. The van der Waals surface area contributed by atoms with Gasteiger partial charge in [0.2, 0.25) is 11.8 Å². The minimum absolute atomic E-state index is 0. The Hall–Kier alpha value is -2.19. The molecule has 40 heavy (non-hydrogen) atoms. The van der Waals surface area contributed by atoms with E-state index in [1.54, 1.807) is 12.1 Å². The summed E-state index contributed by atoms with van der Waals surface area (Å²) >= 11 is 0. The first-order valence-corrected chi connectivity index (χ1v) is 15.6. The van der Waals surface area contributed by atoms with Gasteiger partial charge in [-0.25, -0.2) is 4.39 Å². The Labute approximate surface area is 243 Å². The Bertz CT molecular complexity index is 840. The number of phenols is 1. The van der Waals surface area contributed by atoms with Gasteiger partial charge in [-0.05, 0) is 87.9 Å². The van der Waals surface area contributed by atoms with E-state index in [1.165, 1.54) is 0 Å². The molecule has 1 aromatic carbocycles. The van der Waals surface area contributed by atoms with Crippen molar-refractivity contribution in [2.24, 2.45) is 17.8 Å². The summed E-state index contributed by atoms with van der Waals surface area (Å²) in [6.45, 7) is 9.21. The summed E-state index contributed by atoms with van der Waals surface area (Å²) in [6, 6.07) is 6.38. The summed E-state index contributed by atoms with van der Waals surface area (Å²) in [7, 11) is 1.89. The smallest absolute Gasteiger partial charge is 0.243 e. The summed E-state index contributed by atoms with van der Waals surface area (Å²) in [4.78, 5) is 29.6. The third-order valence-corrected chi connectivity index (χ3v) is 8.20. The van der Waals surface area contributed by atoms with Crippen molar-refractivity contribution in [3.8, 4) is 5.75 Å². The Kier molecular flexibility index (Phi) is 16.2. The Morgan fingerprint density at radius 3 is 2.33 bits per heavy atom. The molecule has 2 fully saturated rings. The number of phenolic OH excluding ortho intramolecular Hbond substituents is 1. The van der Waals surface area contributed by atoms with E-state index >= 15 is 0 Å². The fourth-order valence-corrected chi connectivity index (χ4v) is 5.93. The SMILES string of the molecule is CC.CCCC(CNC)C(C(=O)NCC1CCC(F)CC1)N(CC1CCOCC1)C(=O)CCc1ccc(O)cc1.[HH]. The number of benzene rings is 1. The van der Waals surface area contributed by atoms with Crippen molar-refractivity contribution >= 4 is 11.8 Å². The highest BCUT2D eigenvalue weighted by atomic mass is 19.1. The standard InChI is InChI=1S/C30H48FN3O4.C2H6.H2/c1-3-4-25(20-32-2)29(30(37)33-19-23-5-10-26(31)11-6-23)34(21-24-15-17-38-18-16-24)28(36)14-9-22-7-12-27(35)13-8-22;1-2;/h7-8,12-13,23-26,29,32,35H,3-6,9-11,14-21H2,1-2H3,(H,33,37);1-2H3;1H. The van der Waals surface area contributed by atoms with E-state index in [9.17, 15) is 19.1 Å². The first-order valence-electron chi connectivity index (χ1n) is 15.6. The van der Waals surface area contributed by atoms with Crippen LogP contribution in [0.1, 0.15) is 85.5 Å². The molecular weight excluding hydrogens is 509 g/mol. The minimum Gasteiger partial charge on any atom is -0.508 e. The largest absolute Gasteiger partial charge is 0.508 e. The van der Waals surface area contributed by atoms with Crippen LogP contribution in [0.25, 0.3) is 0 Å². The van der Waals surface area contributed by atoms with Crippen molar-refractivity contribution < 1.29 is 25.2 Å². The zero-order valence-corrected chi connectivity index (χ0v) is 25.3. The normalized spacial score (nSPS) is 21.0. The predicted octanol–water partition coefficient (Wildman–Crippen LogP) is 5.50. The van der Waals surface area contributed by atoms with Crippen molar-refractivity contribution in [1.82, 2.24) is 15.5 Å². The van der Waals surface area contributed by atoms with Crippen LogP contribution in [-0.4, -0.2) is 73.9 Å². The molecule has 0 bridgehead atoms. The summed E-state index contributed by atoms with van der Waals surface area (Å²) in [6.07, 6.45) is 6.36. The maximum absolute atomic E-state index is 13.9. The average Bonchev–Trinajstić information content (AvgIpc) is 2.98. The quantitative estimate of drug-likeness (QED) is 0.277. The Morgan fingerprint density at radius 1 is 1.07 bits per heavy atom. The number of hydrogen-bond acceptors (Lipinski definition) is 5. The highest BCUT2D eigenvalue weighted by molar-refractivity contribution is 5.88. The first kappa shape index (κ1) is 34.0. The van der Waals surface area contributed by atoms with Crippen molar-refractivity contribution in [2.45, 2.75) is 97.2 Å². The fraction of sp³-hybridized carbons (Fsp3) is 0.750. The lowest BCUT2D eigenvalue weighted by Crippen LogP contribution is -2.57. The lowest BCUT2D eigenvalue weighted by atomic mass is 9.87. The molecule has 1 aliphatic heterocycles. The van der Waals surface area contributed by atoms with Crippen LogP contribution >= 0.6 is 0 Å². The lowest BCUT2D eigenvalue weighted by molar-refractivity contribution is -0.144. The number of carbonyl (C=O) groups is 2. The topological polar surface area (TPSA) is 90.9 Å². The van der Waals surface area contributed by atoms with Gasteiger partial charge in [0.25, 0.3) is 0 Å². The maximum Gasteiger partial charge on any atom is 0.243 e. The fourth-order valence-electron chi connectivity index (χ4n) is 5.93. The van der Waals surface area contributed by atoms with E-state index in [-0.39, 0.29) is 30.8 Å². The molecule has 1 saturated carbocycles. The number of amides is 2. The van der Waals surface area contributed by atoms with Crippen LogP contribution in [0.5, 0.6) is 5.75 Å². The van der Waals surface area contributed by atoms with Crippen molar-refractivity contribution in [2.75, 3.05) is 39.9 Å². The molecule has 2 atom stereocenters. The van der Waals surface area contributed by atoms with Crippen molar-refractivity contribution in [3.63, 3.8) is 0 Å². The van der Waals surface area contributed by atoms with E-state index in [0.717, 1.165) is 44.1 Å². The lowest BCUT2D eigenvalue weighted by Gasteiger charge is -2.39. The number of aromatic hydroxyl groups is 1. The van der Waals surface area contributed by atoms with Gasteiger partial charge in [-0.15, -0.1) is 0 Å². The van der Waals surface area contributed by atoms with Gasteiger partial charge >= 0.3 is 0 Å². The molecule has 2 unspecified atom stereocenters. The van der Waals surface area contributed by atoms with Gasteiger partial charge in [0, 0.05) is 46.6 Å². The van der Waals surface area contributed by atoms with Crippen LogP contribution < -0.4 is 10.6 Å². The number of hydrogen-bond donors (Lipinski definition) is 3. The monoisotopic (exact) mass is 565 g/mol. The molecule has 3 rings (SSSR count). The summed E-state index contributed by atoms with van der Waals surface area (Å²) in [5.74, 6) is 0.672. The first-order chi connectivity index (χ1) is 19.4. The number of aryl methyl sites for hydroxylation is 1. The van der Waals surface area contributed by atoms with E-state index in [0.29, 0.717) is 64.4 Å². The van der Waals surface area contributed by atoms with Gasteiger partial charge in [-0.1, -0.05) is 39.3 Å². The second kappa shape index (κ2) is 19.0. The summed E-state index contributed by atoms with van der Waals surface area (Å²) in [5, 5.41) is 16.0. The molecule has 1 heterocycles. The molecule has 1 aliphatic carbocycles. The molecule has 2 amide bonds. The van der Waals surface area contributed by atoms with Crippen LogP contribution in [0, 0.1) is 17.8 Å². The van der Waals surface area contributed by atoms with Gasteiger partial charge < -0.3 is 25.4 Å². The molecule has 2 aliphatic rings. The van der Waals surface area contributed by atoms with Crippen molar-refractivity contribution in [1.29, 1.82) is 0 Å². The van der Waals surface area contributed by atoms with Crippen LogP contribution in [0.3, 0.4) is 0 Å². The number of rotatable bonds is 14. The van der Waals surface area contributed by atoms with Gasteiger partial charge in [-0.2, -0.15) is 0 Å². The molecule has 8 heteroatoms. The molecule has 0 aromatic heterocycles. The number of nitrogens with zero attached hydrogens (tertiary/aromatic N) is 1. The number of carbonyl (C=O) groups excluding carboxylic acids is 2. The van der Waals surface area contributed by atoms with Crippen LogP contribution in [0.2, 0.25) is 0 Å². The number of ether oxygens (including phenoxy) is 1. The molecule has 230 valence electrons. The van der Waals surface area contributed by atoms with Gasteiger partial charge in [0.15, 0.2) is 0 Å². The van der Waals surface area contributed by atoms with E-state index < -0.39 is 12.2 Å². The predicted molar refractivity (Wildman–Crippen MR) is 161 cm³/mol. The summed E-state index contributed by atoms with van der Waals surface area (Å²) < 4.78 is 19.2. The molecular formula is C32H56FN3O4. The zero-order chi connectivity index (χ0) is 29.3. The van der Waals surface area contributed by atoms with Gasteiger partial charge in [0.05, 0.1) is 0 Å². The number of nitrogens with one attached hydrogen (secondary N) is 2. The van der Waals surface area contributed by atoms with Gasteiger partial charge in [0.1, 0.15) is 18.0 Å². The number of halogens is 1. The number of alkyl halides is 1. The Balaban J connectivity index is 0.00000274. The van der Waals surface area contributed by atoms with Crippen LogP contribution in [-0.2, 0) is 20.7 Å². The molecule has 0 radical (unpaired) electrons. The highest BCUT2D eigenvalue weighted by Gasteiger charge is 2.37. The second-order valence-corrected chi connectivity index (χ2v) is 11.2. The molecule has 7 nitrogen and oxygen atoms in total. The molecule has 1 aromatic rings. The van der Waals surface area contributed by atoms with E-state index in [2.05, 4.69) is 17.6 Å². The summed E-state index contributed by atoms with van der Waals surface area (Å²) in [5.41, 5.74) is 0.979. The average molecular weight is 566 g/mol. The van der Waals surface area contributed by atoms with Crippen LogP contribution in [0.15, 0.2) is 24.3 Å². The maximum atomic E-state index is 13.9. The molecule has 1 saturated heterocycles. The van der Waals surface area contributed by atoms with E-state index in [4.69, 9.17) is 4.74 Å². The van der Waals surface area contributed by atoms with Gasteiger partial charge in [-0.3, -0.25) is 9.59 Å². The molecule has 0 spiro atoms.